The summed E-state index contributed by atoms with van der Waals surface area (Å²) < 4.78 is 0. The van der Waals surface area contributed by atoms with E-state index in [1.807, 2.05) is 0 Å². The summed E-state index contributed by atoms with van der Waals surface area (Å²) in [6.45, 7) is 0. The van der Waals surface area contributed by atoms with Gasteiger partial charge in [-0.2, -0.15) is 4.98 Å². The molecule has 0 saturated heterocycles. The second kappa shape index (κ2) is 2.27. The average molecular weight is 168 g/mol. The first-order valence-electron chi connectivity index (χ1n) is 3.32. The van der Waals surface area contributed by atoms with Crippen LogP contribution in [-0.2, 0) is 6.42 Å². The summed E-state index contributed by atoms with van der Waals surface area (Å²) in [4.78, 5) is 7.94. The van der Waals surface area contributed by atoms with Crippen LogP contribution in [-0.4, -0.2) is 15.7 Å². The Morgan fingerprint density at radius 1 is 1.27 bits per heavy atom. The number of thioether (sulfide) groups is 1. The van der Waals surface area contributed by atoms with E-state index in [-0.39, 0.29) is 5.95 Å². The van der Waals surface area contributed by atoms with Crippen LogP contribution in [0.5, 0.6) is 0 Å². The van der Waals surface area contributed by atoms with Gasteiger partial charge in [0.2, 0.25) is 5.95 Å². The molecule has 0 fully saturated rings. The molecule has 1 aliphatic rings. The Morgan fingerprint density at radius 3 is 2.91 bits per heavy atom. The van der Waals surface area contributed by atoms with Crippen LogP contribution in [0.1, 0.15) is 5.56 Å². The molecule has 4 nitrogen and oxygen atoms in total. The van der Waals surface area contributed by atoms with Gasteiger partial charge < -0.3 is 11.5 Å². The molecule has 5 heteroatoms. The molecule has 0 radical (unpaired) electrons. The number of anilines is 2. The van der Waals surface area contributed by atoms with Crippen molar-refractivity contribution in [1.29, 1.82) is 0 Å². The van der Waals surface area contributed by atoms with E-state index < -0.39 is 0 Å². The number of rotatable bonds is 0. The van der Waals surface area contributed by atoms with Crippen LogP contribution in [0.15, 0.2) is 5.03 Å². The Balaban J connectivity index is 2.60. The van der Waals surface area contributed by atoms with Crippen molar-refractivity contribution in [1.82, 2.24) is 9.97 Å². The van der Waals surface area contributed by atoms with Crippen LogP contribution in [0.25, 0.3) is 0 Å². The minimum Gasteiger partial charge on any atom is -0.383 e. The SMILES string of the molecule is Nc1nc(N)c2c(n1)SCC2. The summed E-state index contributed by atoms with van der Waals surface area (Å²) in [5.74, 6) is 1.85. The van der Waals surface area contributed by atoms with Gasteiger partial charge in [-0.25, -0.2) is 4.98 Å². The number of aromatic nitrogens is 2. The number of hydrogen-bond acceptors (Lipinski definition) is 5. The van der Waals surface area contributed by atoms with Crippen LogP contribution >= 0.6 is 11.8 Å². The van der Waals surface area contributed by atoms with Gasteiger partial charge in [-0.3, -0.25) is 0 Å². The molecule has 2 heterocycles. The quantitative estimate of drug-likeness (QED) is 0.544. The first-order chi connectivity index (χ1) is 5.27. The fourth-order valence-corrected chi connectivity index (χ4v) is 2.14. The molecule has 0 atom stereocenters. The lowest BCUT2D eigenvalue weighted by atomic mass is 10.2. The van der Waals surface area contributed by atoms with Crippen molar-refractivity contribution in [3.05, 3.63) is 5.56 Å². The molecular weight excluding hydrogens is 160 g/mol. The van der Waals surface area contributed by atoms with E-state index in [4.69, 9.17) is 11.5 Å². The lowest BCUT2D eigenvalue weighted by Crippen LogP contribution is -2.03. The minimum absolute atomic E-state index is 0.274. The molecule has 2 rings (SSSR count). The van der Waals surface area contributed by atoms with Crippen molar-refractivity contribution in [2.45, 2.75) is 11.4 Å². The predicted molar refractivity (Wildman–Crippen MR) is 45.3 cm³/mol. The monoisotopic (exact) mass is 168 g/mol. The van der Waals surface area contributed by atoms with E-state index in [1.54, 1.807) is 11.8 Å². The third kappa shape index (κ3) is 1.01. The summed E-state index contributed by atoms with van der Waals surface area (Å²) >= 11 is 1.69. The van der Waals surface area contributed by atoms with Crippen molar-refractivity contribution in [3.8, 4) is 0 Å². The van der Waals surface area contributed by atoms with Crippen LogP contribution in [0, 0.1) is 0 Å². The van der Waals surface area contributed by atoms with Gasteiger partial charge in [-0.05, 0) is 6.42 Å². The van der Waals surface area contributed by atoms with Crippen LogP contribution in [0.4, 0.5) is 11.8 Å². The molecule has 0 aromatic carbocycles. The maximum Gasteiger partial charge on any atom is 0.223 e. The van der Waals surface area contributed by atoms with E-state index in [9.17, 15) is 0 Å². The molecule has 58 valence electrons. The highest BCUT2D eigenvalue weighted by molar-refractivity contribution is 7.99. The molecule has 1 aromatic heterocycles. The Hall–Kier alpha value is -0.970. The molecule has 0 aliphatic carbocycles. The highest BCUT2D eigenvalue weighted by atomic mass is 32.2. The van der Waals surface area contributed by atoms with E-state index in [0.717, 1.165) is 22.8 Å². The smallest absolute Gasteiger partial charge is 0.223 e. The number of hydrogen-bond donors (Lipinski definition) is 2. The number of nitrogen functional groups attached to an aromatic ring is 2. The molecule has 1 aliphatic heterocycles. The number of fused-ring (bicyclic) bond motifs is 1. The zero-order valence-electron chi connectivity index (χ0n) is 5.87. The Labute approximate surface area is 68.4 Å². The molecule has 4 N–H and O–H groups in total. The molecular formula is C6H8N4S. The maximum atomic E-state index is 5.63. The van der Waals surface area contributed by atoms with E-state index in [1.165, 1.54) is 0 Å². The van der Waals surface area contributed by atoms with Crippen LogP contribution < -0.4 is 11.5 Å². The van der Waals surface area contributed by atoms with E-state index in [2.05, 4.69) is 9.97 Å². The summed E-state index contributed by atoms with van der Waals surface area (Å²) in [7, 11) is 0. The molecule has 0 bridgehead atoms. The van der Waals surface area contributed by atoms with Gasteiger partial charge >= 0.3 is 0 Å². The van der Waals surface area contributed by atoms with Crippen molar-refractivity contribution >= 4 is 23.5 Å². The van der Waals surface area contributed by atoms with Gasteiger partial charge in [-0.15, -0.1) is 11.8 Å². The molecule has 0 saturated carbocycles. The lowest BCUT2D eigenvalue weighted by molar-refractivity contribution is 1.01. The Kier molecular flexibility index (Phi) is 1.38. The summed E-state index contributed by atoms with van der Waals surface area (Å²) in [6.07, 6.45) is 0.964. The highest BCUT2D eigenvalue weighted by Gasteiger charge is 2.17. The van der Waals surface area contributed by atoms with Gasteiger partial charge in [0.05, 0.1) is 0 Å². The normalized spacial score (nSPS) is 14.9. The zero-order valence-corrected chi connectivity index (χ0v) is 6.69. The largest absolute Gasteiger partial charge is 0.383 e. The predicted octanol–water partition coefficient (Wildman–Crippen LogP) is 0.289. The van der Waals surface area contributed by atoms with E-state index in [0.29, 0.717) is 5.82 Å². The first-order valence-corrected chi connectivity index (χ1v) is 4.30. The van der Waals surface area contributed by atoms with Crippen molar-refractivity contribution in [3.63, 3.8) is 0 Å². The van der Waals surface area contributed by atoms with Crippen molar-refractivity contribution in [2.75, 3.05) is 17.2 Å². The van der Waals surface area contributed by atoms with Crippen LogP contribution in [0.2, 0.25) is 0 Å². The third-order valence-electron chi connectivity index (χ3n) is 1.61. The van der Waals surface area contributed by atoms with Crippen LogP contribution in [0.3, 0.4) is 0 Å². The Morgan fingerprint density at radius 2 is 2.09 bits per heavy atom. The Bertz CT molecular complexity index is 299. The summed E-state index contributed by atoms with van der Waals surface area (Å²) in [5, 5.41) is 0.954. The molecule has 0 spiro atoms. The van der Waals surface area contributed by atoms with Gasteiger partial charge in [0.25, 0.3) is 0 Å². The lowest BCUT2D eigenvalue weighted by Gasteiger charge is -2.00. The van der Waals surface area contributed by atoms with E-state index >= 15 is 0 Å². The summed E-state index contributed by atoms with van der Waals surface area (Å²) in [5.41, 5.74) is 12.1. The fraction of sp³-hybridized carbons (Fsp3) is 0.333. The molecule has 0 unspecified atom stereocenters. The van der Waals surface area contributed by atoms with Gasteiger partial charge in [0, 0.05) is 11.3 Å². The second-order valence-corrected chi connectivity index (χ2v) is 3.43. The standard InChI is InChI=1S/C6H8N4S/c7-4-3-1-2-11-5(3)10-6(8)9-4/h1-2H2,(H4,7,8,9,10). The molecule has 0 amide bonds. The molecule has 11 heavy (non-hydrogen) atoms. The number of nitrogens with zero attached hydrogens (tertiary/aromatic N) is 2. The summed E-state index contributed by atoms with van der Waals surface area (Å²) in [6, 6.07) is 0. The van der Waals surface area contributed by atoms with Crippen molar-refractivity contribution < 1.29 is 0 Å². The van der Waals surface area contributed by atoms with Gasteiger partial charge in [-0.1, -0.05) is 0 Å². The first kappa shape index (κ1) is 6.72. The van der Waals surface area contributed by atoms with Crippen molar-refractivity contribution in [2.24, 2.45) is 0 Å². The second-order valence-electron chi connectivity index (χ2n) is 2.35. The zero-order chi connectivity index (χ0) is 7.84. The fourth-order valence-electron chi connectivity index (χ4n) is 1.10. The maximum absolute atomic E-state index is 5.63. The average Bonchev–Trinajstić information content (AvgIpc) is 2.34. The third-order valence-corrected chi connectivity index (χ3v) is 2.63. The number of nitrogens with two attached hydrogens (primary N) is 2. The van der Waals surface area contributed by atoms with Gasteiger partial charge in [0.1, 0.15) is 10.8 Å². The highest BCUT2D eigenvalue weighted by Crippen LogP contribution is 2.32. The van der Waals surface area contributed by atoms with Gasteiger partial charge in [0.15, 0.2) is 0 Å². The topological polar surface area (TPSA) is 77.8 Å². The minimum atomic E-state index is 0.274. The molecule has 1 aromatic rings.